The van der Waals surface area contributed by atoms with E-state index in [1.54, 1.807) is 12.2 Å². The molecule has 0 aliphatic carbocycles. The SMILES string of the molecule is C=C(C)C.C=CC=C.CC=CC. The van der Waals surface area contributed by atoms with Crippen LogP contribution in [0.2, 0.25) is 0 Å². The first kappa shape index (κ1) is 17.2. The highest BCUT2D eigenvalue weighted by Gasteiger charge is 1.51. The minimum atomic E-state index is 1.17. The first-order valence-electron chi connectivity index (χ1n) is 3.99. The minimum Gasteiger partial charge on any atom is -0.100 e. The third kappa shape index (κ3) is 616. The lowest BCUT2D eigenvalue weighted by Crippen LogP contribution is -1.43. The van der Waals surface area contributed by atoms with Gasteiger partial charge in [-0.2, -0.15) is 0 Å². The summed E-state index contributed by atoms with van der Waals surface area (Å²) in [6.45, 7) is 18.2. The molecule has 0 amide bonds. The number of allylic oxidation sites excluding steroid dienone is 5. The summed E-state index contributed by atoms with van der Waals surface area (Å²) in [5, 5.41) is 0. The van der Waals surface area contributed by atoms with Crippen molar-refractivity contribution in [2.24, 2.45) is 0 Å². The third-order valence-corrected chi connectivity index (χ3v) is 0.500. The second-order valence-electron chi connectivity index (χ2n) is 2.35. The van der Waals surface area contributed by atoms with E-state index >= 15 is 0 Å². The fourth-order valence-electron chi connectivity index (χ4n) is 0. The quantitative estimate of drug-likeness (QED) is 0.397. The first-order valence-corrected chi connectivity index (χ1v) is 3.99. The second kappa shape index (κ2) is 22.5. The van der Waals surface area contributed by atoms with Gasteiger partial charge in [0, 0.05) is 0 Å². The molecular weight excluding hydrogens is 144 g/mol. The van der Waals surface area contributed by atoms with E-state index in [2.05, 4.69) is 19.7 Å². The third-order valence-electron chi connectivity index (χ3n) is 0.500. The molecule has 0 rings (SSSR count). The van der Waals surface area contributed by atoms with Crippen LogP contribution in [0.3, 0.4) is 0 Å². The van der Waals surface area contributed by atoms with Crippen LogP contribution in [0.15, 0.2) is 49.6 Å². The fraction of sp³-hybridized carbons (Fsp3) is 0.333. The second-order valence-corrected chi connectivity index (χ2v) is 2.35. The van der Waals surface area contributed by atoms with Gasteiger partial charge in [-0.15, -0.1) is 6.58 Å². The van der Waals surface area contributed by atoms with Crippen LogP contribution in [0.1, 0.15) is 27.7 Å². The highest BCUT2D eigenvalue weighted by Crippen LogP contribution is 1.73. The summed E-state index contributed by atoms with van der Waals surface area (Å²) in [5.74, 6) is 0. The first-order chi connectivity index (χ1) is 5.56. The number of hydrogen-bond acceptors (Lipinski definition) is 0. The Morgan fingerprint density at radius 3 is 1.08 bits per heavy atom. The summed E-state index contributed by atoms with van der Waals surface area (Å²) in [6.07, 6.45) is 7.28. The lowest BCUT2D eigenvalue weighted by molar-refractivity contribution is 1.42. The van der Waals surface area contributed by atoms with Gasteiger partial charge in [0.15, 0.2) is 0 Å². The van der Waals surface area contributed by atoms with Crippen molar-refractivity contribution in [1.29, 1.82) is 0 Å². The molecule has 0 unspecified atom stereocenters. The molecule has 0 aromatic heterocycles. The Morgan fingerprint density at radius 2 is 1.08 bits per heavy atom. The Bertz CT molecular complexity index is 113. The highest BCUT2D eigenvalue weighted by atomic mass is 13.6. The van der Waals surface area contributed by atoms with E-state index in [0.29, 0.717) is 0 Å². The molecule has 0 spiro atoms. The molecule has 0 saturated carbocycles. The molecule has 0 fully saturated rings. The monoisotopic (exact) mass is 166 g/mol. The van der Waals surface area contributed by atoms with E-state index in [4.69, 9.17) is 0 Å². The molecule has 0 heterocycles. The van der Waals surface area contributed by atoms with Crippen LogP contribution < -0.4 is 0 Å². The van der Waals surface area contributed by atoms with Crippen LogP contribution >= 0.6 is 0 Å². The Morgan fingerprint density at radius 1 is 0.917 bits per heavy atom. The molecule has 0 saturated heterocycles. The summed E-state index contributed by atoms with van der Waals surface area (Å²) >= 11 is 0. The maximum atomic E-state index is 3.56. The molecule has 0 bridgehead atoms. The van der Waals surface area contributed by atoms with Gasteiger partial charge in [-0.3, -0.25) is 0 Å². The van der Waals surface area contributed by atoms with Crippen LogP contribution in [-0.4, -0.2) is 0 Å². The van der Waals surface area contributed by atoms with E-state index < -0.39 is 0 Å². The summed E-state index contributed by atoms with van der Waals surface area (Å²) in [5.41, 5.74) is 1.17. The average Bonchev–Trinajstić information content (AvgIpc) is 2.03. The predicted octanol–water partition coefficient (Wildman–Crippen LogP) is 4.52. The van der Waals surface area contributed by atoms with Crippen molar-refractivity contribution in [3.8, 4) is 0 Å². The van der Waals surface area contributed by atoms with Crippen molar-refractivity contribution in [2.45, 2.75) is 27.7 Å². The van der Waals surface area contributed by atoms with Gasteiger partial charge < -0.3 is 0 Å². The molecule has 0 aliphatic heterocycles. The van der Waals surface area contributed by atoms with Crippen LogP contribution in [0.25, 0.3) is 0 Å². The Balaban J connectivity index is -0.000000101. The molecule has 0 radical (unpaired) electrons. The van der Waals surface area contributed by atoms with E-state index in [9.17, 15) is 0 Å². The topological polar surface area (TPSA) is 0 Å². The van der Waals surface area contributed by atoms with Gasteiger partial charge in [-0.1, -0.05) is 43.0 Å². The van der Waals surface area contributed by atoms with Gasteiger partial charge in [-0.25, -0.2) is 0 Å². The molecule has 0 aromatic carbocycles. The van der Waals surface area contributed by atoms with E-state index in [1.165, 1.54) is 5.57 Å². The van der Waals surface area contributed by atoms with Crippen LogP contribution in [-0.2, 0) is 0 Å². The molecular formula is C12H22. The van der Waals surface area contributed by atoms with Crippen molar-refractivity contribution < 1.29 is 0 Å². The molecule has 70 valence electrons. The lowest BCUT2D eigenvalue weighted by Gasteiger charge is -1.65. The molecule has 0 nitrogen and oxygen atoms in total. The van der Waals surface area contributed by atoms with Crippen LogP contribution in [0.5, 0.6) is 0 Å². The largest absolute Gasteiger partial charge is 0.100 e. The van der Waals surface area contributed by atoms with Crippen LogP contribution in [0, 0.1) is 0 Å². The van der Waals surface area contributed by atoms with Crippen molar-refractivity contribution >= 4 is 0 Å². The zero-order valence-corrected chi connectivity index (χ0v) is 8.93. The maximum absolute atomic E-state index is 3.56. The summed E-state index contributed by atoms with van der Waals surface area (Å²) in [4.78, 5) is 0. The maximum Gasteiger partial charge on any atom is -0.0445 e. The van der Waals surface area contributed by atoms with Gasteiger partial charge in [-0.05, 0) is 27.7 Å². The van der Waals surface area contributed by atoms with Crippen molar-refractivity contribution in [3.05, 3.63) is 49.6 Å². The summed E-state index contributed by atoms with van der Waals surface area (Å²) < 4.78 is 0. The molecule has 12 heavy (non-hydrogen) atoms. The molecule has 0 aromatic rings. The fourth-order valence-corrected chi connectivity index (χ4v) is 0. The molecule has 0 aliphatic rings. The zero-order valence-electron chi connectivity index (χ0n) is 8.93. The highest BCUT2D eigenvalue weighted by molar-refractivity contribution is 4.88. The number of rotatable bonds is 1. The smallest absolute Gasteiger partial charge is 0.0445 e. The molecule has 0 atom stereocenters. The Labute approximate surface area is 78.0 Å². The van der Waals surface area contributed by atoms with Gasteiger partial charge in [0.2, 0.25) is 0 Å². The van der Waals surface area contributed by atoms with Crippen molar-refractivity contribution in [2.75, 3.05) is 0 Å². The van der Waals surface area contributed by atoms with E-state index in [0.717, 1.165) is 0 Å². The van der Waals surface area contributed by atoms with Crippen molar-refractivity contribution in [3.63, 3.8) is 0 Å². The normalized spacial score (nSPS) is 7.00. The van der Waals surface area contributed by atoms with Crippen molar-refractivity contribution in [1.82, 2.24) is 0 Å². The van der Waals surface area contributed by atoms with Gasteiger partial charge in [0.05, 0.1) is 0 Å². The standard InChI is InChI=1S/2C4H8.C4H6/c1-4(2)3;2*1-3-4-2/h1H2,2-3H3;3-4H,1-2H3;3-4H,1-2H2. The Kier molecular flexibility index (Phi) is 32.2. The predicted molar refractivity (Wildman–Crippen MR) is 61.4 cm³/mol. The average molecular weight is 166 g/mol. The zero-order chi connectivity index (χ0) is 10.4. The lowest BCUT2D eigenvalue weighted by atomic mass is 10.4. The summed E-state index contributed by atoms with van der Waals surface area (Å²) in [7, 11) is 0. The number of hydrogen-bond donors (Lipinski definition) is 0. The van der Waals surface area contributed by atoms with Gasteiger partial charge in [0.1, 0.15) is 0 Å². The molecule has 0 heteroatoms. The summed E-state index contributed by atoms with van der Waals surface area (Å²) in [6, 6.07) is 0. The van der Waals surface area contributed by atoms with Crippen LogP contribution in [0.4, 0.5) is 0 Å². The van der Waals surface area contributed by atoms with Gasteiger partial charge in [0.25, 0.3) is 0 Å². The molecule has 0 N–H and O–H groups in total. The van der Waals surface area contributed by atoms with E-state index in [1.807, 2.05) is 39.8 Å². The minimum absolute atomic E-state index is 1.17. The van der Waals surface area contributed by atoms with Gasteiger partial charge >= 0.3 is 0 Å². The van der Waals surface area contributed by atoms with E-state index in [-0.39, 0.29) is 0 Å². The Hall–Kier alpha value is -1.04.